The Morgan fingerprint density at radius 1 is 1.20 bits per heavy atom. The summed E-state index contributed by atoms with van der Waals surface area (Å²) in [6.45, 7) is 6.74. The summed E-state index contributed by atoms with van der Waals surface area (Å²) in [5, 5.41) is 5.95. The molecule has 132 valence electrons. The third-order valence-electron chi connectivity index (χ3n) is 4.87. The summed E-state index contributed by atoms with van der Waals surface area (Å²) >= 11 is 0. The Hall–Kier alpha value is -2.40. The number of hydrogen-bond acceptors (Lipinski definition) is 3. The average molecular weight is 338 g/mol. The average Bonchev–Trinajstić information content (AvgIpc) is 2.66. The number of carbonyl (C=O) groups excluding carboxylic acids is 1. The van der Waals surface area contributed by atoms with Gasteiger partial charge in [-0.05, 0) is 43.0 Å². The van der Waals surface area contributed by atoms with Crippen molar-refractivity contribution in [3.8, 4) is 0 Å². The highest BCUT2D eigenvalue weighted by atomic mass is 16.2. The van der Waals surface area contributed by atoms with E-state index in [0.29, 0.717) is 12.6 Å². The maximum Gasteiger partial charge on any atom is 0.315 e. The molecule has 0 saturated heterocycles. The van der Waals surface area contributed by atoms with Crippen LogP contribution in [0.2, 0.25) is 0 Å². The molecule has 2 aromatic rings. The van der Waals surface area contributed by atoms with Gasteiger partial charge < -0.3 is 10.6 Å². The molecule has 0 saturated carbocycles. The number of carbonyl (C=O) groups is 1. The second-order valence-electron chi connectivity index (χ2n) is 6.70. The fourth-order valence-corrected chi connectivity index (χ4v) is 3.23. The van der Waals surface area contributed by atoms with Gasteiger partial charge in [0.1, 0.15) is 0 Å². The van der Waals surface area contributed by atoms with E-state index in [1.54, 1.807) is 12.4 Å². The van der Waals surface area contributed by atoms with Crippen molar-refractivity contribution in [1.82, 2.24) is 20.5 Å². The summed E-state index contributed by atoms with van der Waals surface area (Å²) in [4.78, 5) is 18.7. The van der Waals surface area contributed by atoms with E-state index in [-0.39, 0.29) is 12.1 Å². The molecule has 2 amide bonds. The van der Waals surface area contributed by atoms with E-state index < -0.39 is 0 Å². The van der Waals surface area contributed by atoms with E-state index in [0.717, 1.165) is 25.1 Å². The summed E-state index contributed by atoms with van der Waals surface area (Å²) in [5.41, 5.74) is 3.84. The number of nitrogens with one attached hydrogen (secondary N) is 2. The minimum atomic E-state index is -0.138. The van der Waals surface area contributed by atoms with Crippen molar-refractivity contribution in [2.24, 2.45) is 0 Å². The molecule has 0 radical (unpaired) electrons. The minimum absolute atomic E-state index is 0.0640. The van der Waals surface area contributed by atoms with Gasteiger partial charge in [-0.1, -0.05) is 30.3 Å². The van der Waals surface area contributed by atoms with E-state index >= 15 is 0 Å². The Morgan fingerprint density at radius 2 is 2.00 bits per heavy atom. The predicted octanol–water partition coefficient (Wildman–Crippen LogP) is 2.89. The first-order valence-corrected chi connectivity index (χ1v) is 8.88. The highest BCUT2D eigenvalue weighted by Gasteiger charge is 2.20. The van der Waals surface area contributed by atoms with Gasteiger partial charge in [0.25, 0.3) is 0 Å². The predicted molar refractivity (Wildman–Crippen MR) is 99.2 cm³/mol. The molecule has 0 fully saturated rings. The number of fused-ring (bicyclic) bond motifs is 1. The third-order valence-corrected chi connectivity index (χ3v) is 4.87. The number of rotatable bonds is 5. The lowest BCUT2D eigenvalue weighted by molar-refractivity contribution is 0.184. The molecule has 1 aromatic carbocycles. The quantitative estimate of drug-likeness (QED) is 0.881. The molecule has 0 spiro atoms. The molecule has 0 aliphatic carbocycles. The van der Waals surface area contributed by atoms with Crippen LogP contribution in [0.25, 0.3) is 0 Å². The molecular formula is C20H26N4O. The number of amides is 2. The zero-order valence-corrected chi connectivity index (χ0v) is 14.9. The van der Waals surface area contributed by atoms with Crippen LogP contribution in [0.3, 0.4) is 0 Å². The number of nitrogens with zero attached hydrogens (tertiary/aromatic N) is 2. The standard InChI is InChI=1S/C20H26N4O/c1-15(24-11-9-17-6-3-4-7-19(17)14-24)12-22-20(25)23-16(2)18-8-5-10-21-13-18/h3-8,10,13,15-16H,9,11-12,14H2,1-2H3,(H2,22,23,25)/t15-,16+/m0/s1. The zero-order chi connectivity index (χ0) is 17.6. The van der Waals surface area contributed by atoms with Crippen molar-refractivity contribution in [2.75, 3.05) is 13.1 Å². The topological polar surface area (TPSA) is 57.3 Å². The van der Waals surface area contributed by atoms with Crippen molar-refractivity contribution in [1.29, 1.82) is 0 Å². The second-order valence-corrected chi connectivity index (χ2v) is 6.70. The van der Waals surface area contributed by atoms with Crippen LogP contribution in [0, 0.1) is 0 Å². The molecule has 1 aliphatic heterocycles. The number of pyridine rings is 1. The number of aromatic nitrogens is 1. The molecule has 0 bridgehead atoms. The van der Waals surface area contributed by atoms with Crippen molar-refractivity contribution >= 4 is 6.03 Å². The van der Waals surface area contributed by atoms with Gasteiger partial charge in [-0.25, -0.2) is 4.79 Å². The molecule has 1 aromatic heterocycles. The first-order chi connectivity index (χ1) is 12.1. The van der Waals surface area contributed by atoms with Crippen LogP contribution >= 0.6 is 0 Å². The smallest absolute Gasteiger partial charge is 0.315 e. The van der Waals surface area contributed by atoms with Crippen LogP contribution in [0.4, 0.5) is 4.79 Å². The molecule has 5 nitrogen and oxygen atoms in total. The number of urea groups is 1. The second kappa shape index (κ2) is 8.12. The fourth-order valence-electron chi connectivity index (χ4n) is 3.23. The molecule has 2 N–H and O–H groups in total. The van der Waals surface area contributed by atoms with Crippen molar-refractivity contribution in [3.63, 3.8) is 0 Å². The van der Waals surface area contributed by atoms with Gasteiger partial charge in [0.15, 0.2) is 0 Å². The molecule has 0 unspecified atom stereocenters. The monoisotopic (exact) mass is 338 g/mol. The first kappa shape index (κ1) is 17.4. The van der Waals surface area contributed by atoms with E-state index in [4.69, 9.17) is 0 Å². The summed E-state index contributed by atoms with van der Waals surface area (Å²) in [5.74, 6) is 0. The zero-order valence-electron chi connectivity index (χ0n) is 14.9. The summed E-state index contributed by atoms with van der Waals surface area (Å²) in [6.07, 6.45) is 4.58. The summed E-state index contributed by atoms with van der Waals surface area (Å²) < 4.78 is 0. The van der Waals surface area contributed by atoms with Crippen LogP contribution < -0.4 is 10.6 Å². The molecule has 3 rings (SSSR count). The molecule has 5 heteroatoms. The largest absolute Gasteiger partial charge is 0.337 e. The maximum absolute atomic E-state index is 12.2. The lowest BCUT2D eigenvalue weighted by Crippen LogP contribution is -2.47. The maximum atomic E-state index is 12.2. The third kappa shape index (κ3) is 4.57. The first-order valence-electron chi connectivity index (χ1n) is 8.88. The summed E-state index contributed by atoms with van der Waals surface area (Å²) in [7, 11) is 0. The normalized spacial score (nSPS) is 16.6. The highest BCUT2D eigenvalue weighted by molar-refractivity contribution is 5.74. The van der Waals surface area contributed by atoms with Crippen molar-refractivity contribution in [2.45, 2.75) is 38.9 Å². The van der Waals surface area contributed by atoms with Gasteiger partial charge >= 0.3 is 6.03 Å². The van der Waals surface area contributed by atoms with E-state index in [9.17, 15) is 4.79 Å². The van der Waals surface area contributed by atoms with E-state index in [2.05, 4.69) is 51.7 Å². The molecule has 1 aliphatic rings. The van der Waals surface area contributed by atoms with Crippen molar-refractivity contribution < 1.29 is 4.79 Å². The lowest BCUT2D eigenvalue weighted by atomic mass is 9.99. The van der Waals surface area contributed by atoms with Crippen LogP contribution in [0.15, 0.2) is 48.8 Å². The Kier molecular flexibility index (Phi) is 5.66. The highest BCUT2D eigenvalue weighted by Crippen LogP contribution is 2.20. The Balaban J connectivity index is 1.46. The number of benzene rings is 1. The lowest BCUT2D eigenvalue weighted by Gasteiger charge is -2.33. The molecule has 2 atom stereocenters. The Morgan fingerprint density at radius 3 is 2.76 bits per heavy atom. The molecule has 2 heterocycles. The minimum Gasteiger partial charge on any atom is -0.337 e. The van der Waals surface area contributed by atoms with E-state index in [1.165, 1.54) is 11.1 Å². The molecule has 25 heavy (non-hydrogen) atoms. The van der Waals surface area contributed by atoms with Gasteiger partial charge in [0.05, 0.1) is 6.04 Å². The van der Waals surface area contributed by atoms with Crippen LogP contribution in [-0.4, -0.2) is 35.0 Å². The SMILES string of the molecule is C[C@@H](NC(=O)NC[C@H](C)N1CCc2ccccc2C1)c1cccnc1. The van der Waals surface area contributed by atoms with E-state index in [1.807, 2.05) is 19.1 Å². The van der Waals surface area contributed by atoms with Crippen molar-refractivity contribution in [3.05, 3.63) is 65.5 Å². The van der Waals surface area contributed by atoms with Gasteiger partial charge in [0.2, 0.25) is 0 Å². The molecular weight excluding hydrogens is 312 g/mol. The summed E-state index contributed by atoms with van der Waals surface area (Å²) in [6, 6.07) is 12.5. The van der Waals surface area contributed by atoms with Crippen LogP contribution in [-0.2, 0) is 13.0 Å². The van der Waals surface area contributed by atoms with Gasteiger partial charge in [-0.15, -0.1) is 0 Å². The van der Waals surface area contributed by atoms with Crippen LogP contribution in [0.1, 0.15) is 36.6 Å². The van der Waals surface area contributed by atoms with Gasteiger partial charge in [-0.3, -0.25) is 9.88 Å². The van der Waals surface area contributed by atoms with Gasteiger partial charge in [0, 0.05) is 38.1 Å². The Labute approximate surface area is 149 Å². The Bertz CT molecular complexity index is 704. The van der Waals surface area contributed by atoms with Crippen LogP contribution in [0.5, 0.6) is 0 Å². The van der Waals surface area contributed by atoms with Gasteiger partial charge in [-0.2, -0.15) is 0 Å². The number of hydrogen-bond donors (Lipinski definition) is 2. The fraction of sp³-hybridized carbons (Fsp3) is 0.400.